The molecule has 158 valence electrons. The van der Waals surface area contributed by atoms with E-state index in [-0.39, 0.29) is 0 Å². The molecule has 1 nitrogen and oxygen atoms in total. The van der Waals surface area contributed by atoms with Gasteiger partial charge < -0.3 is 5.73 Å². The van der Waals surface area contributed by atoms with Crippen molar-refractivity contribution in [3.05, 3.63) is 121 Å². The first-order valence-corrected chi connectivity index (χ1v) is 12.0. The molecular formula is C31H23NS. The number of thiophene rings is 1. The van der Waals surface area contributed by atoms with Gasteiger partial charge in [-0.05, 0) is 63.2 Å². The lowest BCUT2D eigenvalue weighted by Crippen LogP contribution is -1.95. The number of hydrogen-bond acceptors (Lipinski definition) is 2. The van der Waals surface area contributed by atoms with Crippen molar-refractivity contribution in [2.24, 2.45) is 5.73 Å². The van der Waals surface area contributed by atoms with Gasteiger partial charge in [-0.2, -0.15) is 0 Å². The van der Waals surface area contributed by atoms with Gasteiger partial charge in [0.05, 0.1) is 0 Å². The first-order valence-electron chi connectivity index (χ1n) is 11.2. The van der Waals surface area contributed by atoms with E-state index in [1.807, 2.05) is 11.3 Å². The lowest BCUT2D eigenvalue weighted by atomic mass is 9.96. The average Bonchev–Trinajstić information content (AvgIpc) is 3.27. The van der Waals surface area contributed by atoms with E-state index in [0.29, 0.717) is 6.54 Å². The first kappa shape index (κ1) is 19.9. The van der Waals surface area contributed by atoms with Crippen LogP contribution in [-0.2, 0) is 6.54 Å². The van der Waals surface area contributed by atoms with E-state index in [1.165, 1.54) is 53.6 Å². The monoisotopic (exact) mass is 441 g/mol. The van der Waals surface area contributed by atoms with Crippen LogP contribution >= 0.6 is 11.3 Å². The lowest BCUT2D eigenvalue weighted by molar-refractivity contribution is 1.07. The summed E-state index contributed by atoms with van der Waals surface area (Å²) in [6, 6.07) is 41.5. The number of rotatable bonds is 4. The highest BCUT2D eigenvalue weighted by Gasteiger charge is 2.12. The third-order valence-corrected chi connectivity index (χ3v) is 7.43. The van der Waals surface area contributed by atoms with Gasteiger partial charge in [-0.1, -0.05) is 91.0 Å². The fourth-order valence-electron chi connectivity index (χ4n) is 4.60. The van der Waals surface area contributed by atoms with Crippen molar-refractivity contribution in [1.82, 2.24) is 0 Å². The smallest absolute Gasteiger partial charge is 0.0361 e. The van der Waals surface area contributed by atoms with Gasteiger partial charge >= 0.3 is 0 Å². The molecule has 0 aliphatic rings. The molecule has 0 saturated carbocycles. The summed E-state index contributed by atoms with van der Waals surface area (Å²) in [7, 11) is 0. The average molecular weight is 442 g/mol. The van der Waals surface area contributed by atoms with E-state index in [1.54, 1.807) is 0 Å². The highest BCUT2D eigenvalue weighted by molar-refractivity contribution is 7.25. The van der Waals surface area contributed by atoms with Crippen LogP contribution in [-0.4, -0.2) is 0 Å². The van der Waals surface area contributed by atoms with Gasteiger partial charge in [-0.3, -0.25) is 0 Å². The minimum Gasteiger partial charge on any atom is -0.326 e. The van der Waals surface area contributed by atoms with Crippen molar-refractivity contribution < 1.29 is 0 Å². The molecular weight excluding hydrogens is 418 g/mol. The molecule has 0 atom stereocenters. The molecule has 2 N–H and O–H groups in total. The van der Waals surface area contributed by atoms with Crippen LogP contribution in [0, 0.1) is 0 Å². The Labute approximate surface area is 197 Å². The zero-order chi connectivity index (χ0) is 22.2. The second kappa shape index (κ2) is 8.32. The fraction of sp³-hybridized carbons (Fsp3) is 0.0323. The largest absolute Gasteiger partial charge is 0.326 e. The second-order valence-corrected chi connectivity index (χ2v) is 9.42. The Morgan fingerprint density at radius 2 is 1.18 bits per heavy atom. The maximum absolute atomic E-state index is 5.91. The Morgan fingerprint density at radius 3 is 1.97 bits per heavy atom. The molecule has 33 heavy (non-hydrogen) atoms. The van der Waals surface area contributed by atoms with Crippen LogP contribution in [0.25, 0.3) is 53.6 Å². The highest BCUT2D eigenvalue weighted by atomic mass is 32.1. The summed E-state index contributed by atoms with van der Waals surface area (Å²) in [5.41, 5.74) is 14.5. The molecule has 0 amide bonds. The zero-order valence-corrected chi connectivity index (χ0v) is 19.0. The second-order valence-electron chi connectivity index (χ2n) is 8.34. The highest BCUT2D eigenvalue weighted by Crippen LogP contribution is 2.41. The molecule has 6 aromatic rings. The standard InChI is InChI=1S/C31H23NS/c32-20-21-6-4-9-26(18-21)27-10-5-11-30-31(27)28-19-25(16-17-29(28)33-30)24-14-12-23(13-15-24)22-7-2-1-3-8-22/h1-19H,20,32H2. The molecule has 1 aromatic heterocycles. The third kappa shape index (κ3) is 3.64. The Bertz CT molecular complexity index is 1580. The van der Waals surface area contributed by atoms with Crippen LogP contribution in [0.5, 0.6) is 0 Å². The Kier molecular flexibility index (Phi) is 5.03. The van der Waals surface area contributed by atoms with E-state index in [0.717, 1.165) is 5.56 Å². The van der Waals surface area contributed by atoms with Crippen molar-refractivity contribution in [3.8, 4) is 33.4 Å². The predicted octanol–water partition coefficient (Wildman–Crippen LogP) is 8.51. The number of benzene rings is 5. The van der Waals surface area contributed by atoms with Crippen LogP contribution in [0.3, 0.4) is 0 Å². The summed E-state index contributed by atoms with van der Waals surface area (Å²) in [5, 5.41) is 2.64. The Morgan fingerprint density at radius 1 is 0.515 bits per heavy atom. The molecule has 5 aromatic carbocycles. The van der Waals surface area contributed by atoms with Crippen molar-refractivity contribution in [2.75, 3.05) is 0 Å². The summed E-state index contributed by atoms with van der Waals surface area (Å²) in [4.78, 5) is 0. The fourth-order valence-corrected chi connectivity index (χ4v) is 5.71. The van der Waals surface area contributed by atoms with Crippen molar-refractivity contribution in [2.45, 2.75) is 6.54 Å². The SMILES string of the molecule is NCc1cccc(-c2cccc3sc4ccc(-c5ccc(-c6ccccc6)cc5)cc4c23)c1. The molecule has 0 saturated heterocycles. The minimum atomic E-state index is 0.553. The van der Waals surface area contributed by atoms with Gasteiger partial charge in [0.1, 0.15) is 0 Å². The number of fused-ring (bicyclic) bond motifs is 3. The molecule has 0 fully saturated rings. The topological polar surface area (TPSA) is 26.0 Å². The summed E-state index contributed by atoms with van der Waals surface area (Å²) >= 11 is 1.86. The van der Waals surface area contributed by atoms with Gasteiger partial charge in [-0.15, -0.1) is 11.3 Å². The molecule has 6 rings (SSSR count). The van der Waals surface area contributed by atoms with Crippen LogP contribution in [0.2, 0.25) is 0 Å². The van der Waals surface area contributed by atoms with E-state index in [2.05, 4.69) is 115 Å². The quantitative estimate of drug-likeness (QED) is 0.291. The van der Waals surface area contributed by atoms with E-state index < -0.39 is 0 Å². The van der Waals surface area contributed by atoms with Crippen molar-refractivity contribution >= 4 is 31.5 Å². The molecule has 0 spiro atoms. The van der Waals surface area contributed by atoms with Crippen LogP contribution in [0.4, 0.5) is 0 Å². The Hall–Kier alpha value is -3.72. The van der Waals surface area contributed by atoms with Gasteiger partial charge in [0.15, 0.2) is 0 Å². The minimum absolute atomic E-state index is 0.553. The van der Waals surface area contributed by atoms with Crippen LogP contribution in [0.1, 0.15) is 5.56 Å². The lowest BCUT2D eigenvalue weighted by Gasteiger charge is -2.08. The van der Waals surface area contributed by atoms with E-state index in [4.69, 9.17) is 5.73 Å². The van der Waals surface area contributed by atoms with Crippen molar-refractivity contribution in [3.63, 3.8) is 0 Å². The normalized spacial score (nSPS) is 11.3. The first-order chi connectivity index (χ1) is 16.3. The maximum atomic E-state index is 5.91. The number of nitrogens with two attached hydrogens (primary N) is 1. The van der Waals surface area contributed by atoms with Gasteiger partial charge in [0, 0.05) is 26.7 Å². The molecule has 0 aliphatic heterocycles. The summed E-state index contributed by atoms with van der Waals surface area (Å²) in [6.07, 6.45) is 0. The van der Waals surface area contributed by atoms with E-state index >= 15 is 0 Å². The van der Waals surface area contributed by atoms with Gasteiger partial charge in [0.2, 0.25) is 0 Å². The molecule has 0 unspecified atom stereocenters. The Balaban J connectivity index is 1.48. The molecule has 2 heteroatoms. The zero-order valence-electron chi connectivity index (χ0n) is 18.2. The van der Waals surface area contributed by atoms with Crippen LogP contribution in [0.15, 0.2) is 115 Å². The predicted molar refractivity (Wildman–Crippen MR) is 144 cm³/mol. The van der Waals surface area contributed by atoms with Crippen molar-refractivity contribution in [1.29, 1.82) is 0 Å². The third-order valence-electron chi connectivity index (χ3n) is 6.29. The number of hydrogen-bond donors (Lipinski definition) is 1. The summed E-state index contributed by atoms with van der Waals surface area (Å²) in [6.45, 7) is 0.553. The molecule has 0 aliphatic carbocycles. The summed E-state index contributed by atoms with van der Waals surface area (Å²) in [5.74, 6) is 0. The molecule has 0 bridgehead atoms. The summed E-state index contributed by atoms with van der Waals surface area (Å²) < 4.78 is 2.63. The van der Waals surface area contributed by atoms with E-state index in [9.17, 15) is 0 Å². The maximum Gasteiger partial charge on any atom is 0.0361 e. The van der Waals surface area contributed by atoms with Gasteiger partial charge in [0.25, 0.3) is 0 Å². The van der Waals surface area contributed by atoms with Crippen LogP contribution < -0.4 is 5.73 Å². The molecule has 0 radical (unpaired) electrons. The molecule has 1 heterocycles. The van der Waals surface area contributed by atoms with Gasteiger partial charge in [-0.25, -0.2) is 0 Å².